The van der Waals surface area contributed by atoms with Gasteiger partial charge in [-0.25, -0.2) is 0 Å². The first-order chi connectivity index (χ1) is 16.6. The molecule has 0 amide bonds. The SMILES string of the molecule is CCCCCCCCCCCC[NH+](CCCCCCCCCCCC)C(C)(C)c1ccccc1.[Cl-]. The number of halogens is 1. The molecule has 1 nitrogen and oxygen atoms in total. The standard InChI is InChI=1S/C33H61N.ClH/c1-5-7-9-11-13-15-17-19-21-26-30-34(33(3,4)32-28-24-23-25-29-32)31-27-22-20-18-16-14-12-10-8-6-2;/h23-25,28-29H,5-22,26-27,30-31H2,1-4H3;1H. The van der Waals surface area contributed by atoms with Gasteiger partial charge in [0.05, 0.1) is 13.1 Å². The average Bonchev–Trinajstić information content (AvgIpc) is 2.85. The predicted molar refractivity (Wildman–Crippen MR) is 154 cm³/mol. The number of hydrogen-bond acceptors (Lipinski definition) is 0. The van der Waals surface area contributed by atoms with Crippen molar-refractivity contribution in [2.24, 2.45) is 0 Å². The van der Waals surface area contributed by atoms with E-state index in [-0.39, 0.29) is 17.9 Å². The van der Waals surface area contributed by atoms with E-state index in [4.69, 9.17) is 0 Å². The number of rotatable bonds is 24. The molecule has 1 aromatic carbocycles. The number of quaternary nitrogens is 1. The van der Waals surface area contributed by atoms with Crippen LogP contribution < -0.4 is 17.3 Å². The van der Waals surface area contributed by atoms with Crippen LogP contribution in [0.3, 0.4) is 0 Å². The number of benzene rings is 1. The first kappa shape index (κ1) is 34.5. The van der Waals surface area contributed by atoms with Gasteiger partial charge < -0.3 is 17.3 Å². The monoisotopic (exact) mass is 507 g/mol. The summed E-state index contributed by atoms with van der Waals surface area (Å²) in [6, 6.07) is 11.3. The molecule has 1 aromatic rings. The second kappa shape index (κ2) is 23.8. The van der Waals surface area contributed by atoms with Gasteiger partial charge >= 0.3 is 0 Å². The van der Waals surface area contributed by atoms with Crippen LogP contribution in [0.5, 0.6) is 0 Å². The van der Waals surface area contributed by atoms with Crippen LogP contribution in [0.2, 0.25) is 0 Å². The summed E-state index contributed by atoms with van der Waals surface area (Å²) in [5, 5.41) is 0. The predicted octanol–water partition coefficient (Wildman–Crippen LogP) is 6.65. The fourth-order valence-electron chi connectivity index (χ4n) is 5.46. The van der Waals surface area contributed by atoms with Gasteiger partial charge in [-0.05, 0) is 39.5 Å². The van der Waals surface area contributed by atoms with Crippen LogP contribution in [0.15, 0.2) is 30.3 Å². The number of unbranched alkanes of at least 4 members (excludes halogenated alkanes) is 18. The molecule has 0 aliphatic carbocycles. The molecule has 1 rings (SSSR count). The Morgan fingerprint density at radius 3 is 1.14 bits per heavy atom. The maximum absolute atomic E-state index is 2.48. The van der Waals surface area contributed by atoms with Crippen LogP contribution in [0, 0.1) is 0 Å². The molecule has 0 saturated carbocycles. The fraction of sp³-hybridized carbons (Fsp3) is 0.818. The van der Waals surface area contributed by atoms with E-state index in [1.54, 1.807) is 4.90 Å². The smallest absolute Gasteiger partial charge is 0.118 e. The van der Waals surface area contributed by atoms with Crippen LogP contribution in [0.25, 0.3) is 0 Å². The Balaban J connectivity index is 0.0000116. The molecule has 0 aliphatic heterocycles. The third-order valence-corrected chi connectivity index (χ3v) is 8.04. The van der Waals surface area contributed by atoms with Crippen molar-refractivity contribution in [3.05, 3.63) is 35.9 Å². The molecule has 35 heavy (non-hydrogen) atoms. The molecular weight excluding hydrogens is 446 g/mol. The van der Waals surface area contributed by atoms with Crippen LogP contribution in [0.4, 0.5) is 0 Å². The van der Waals surface area contributed by atoms with E-state index >= 15 is 0 Å². The van der Waals surface area contributed by atoms with Crippen LogP contribution >= 0.6 is 0 Å². The molecule has 0 spiro atoms. The lowest BCUT2D eigenvalue weighted by atomic mass is 9.91. The highest BCUT2D eigenvalue weighted by Gasteiger charge is 2.31. The van der Waals surface area contributed by atoms with E-state index < -0.39 is 0 Å². The highest BCUT2D eigenvalue weighted by molar-refractivity contribution is 5.20. The summed E-state index contributed by atoms with van der Waals surface area (Å²) in [7, 11) is 0. The Morgan fingerprint density at radius 1 is 0.486 bits per heavy atom. The van der Waals surface area contributed by atoms with Crippen LogP contribution in [-0.2, 0) is 5.54 Å². The van der Waals surface area contributed by atoms with Crippen molar-refractivity contribution in [1.82, 2.24) is 0 Å². The Bertz CT molecular complexity index is 517. The van der Waals surface area contributed by atoms with E-state index in [9.17, 15) is 0 Å². The summed E-state index contributed by atoms with van der Waals surface area (Å²) in [6.07, 6.45) is 28.6. The Morgan fingerprint density at radius 2 is 0.800 bits per heavy atom. The second-order valence-electron chi connectivity index (χ2n) is 11.5. The highest BCUT2D eigenvalue weighted by Crippen LogP contribution is 2.17. The van der Waals surface area contributed by atoms with Gasteiger partial charge in [0.25, 0.3) is 0 Å². The average molecular weight is 508 g/mol. The van der Waals surface area contributed by atoms with Gasteiger partial charge in [0.1, 0.15) is 5.54 Å². The van der Waals surface area contributed by atoms with E-state index in [2.05, 4.69) is 58.0 Å². The quantitative estimate of drug-likeness (QED) is 0.149. The first-order valence-corrected chi connectivity index (χ1v) is 15.5. The number of nitrogens with one attached hydrogen (secondary N) is 1. The van der Waals surface area contributed by atoms with Crippen molar-refractivity contribution in [3.63, 3.8) is 0 Å². The zero-order valence-electron chi connectivity index (χ0n) is 24.3. The Hall–Kier alpha value is -0.530. The second-order valence-corrected chi connectivity index (χ2v) is 11.5. The molecule has 0 atom stereocenters. The first-order valence-electron chi connectivity index (χ1n) is 15.5. The Labute approximate surface area is 227 Å². The molecular formula is C33H62ClN. The van der Waals surface area contributed by atoms with Crippen molar-refractivity contribution in [2.45, 2.75) is 162 Å². The van der Waals surface area contributed by atoms with E-state index in [0.29, 0.717) is 0 Å². The third kappa shape index (κ3) is 17.5. The van der Waals surface area contributed by atoms with Gasteiger partial charge in [-0.15, -0.1) is 0 Å². The number of hydrogen-bond donors (Lipinski definition) is 1. The summed E-state index contributed by atoms with van der Waals surface area (Å²) < 4.78 is 0. The lowest BCUT2D eigenvalue weighted by molar-refractivity contribution is -0.957. The molecule has 0 radical (unpaired) electrons. The minimum atomic E-state index is 0. The van der Waals surface area contributed by atoms with Crippen molar-refractivity contribution < 1.29 is 17.3 Å². The minimum Gasteiger partial charge on any atom is -1.00 e. The van der Waals surface area contributed by atoms with Crippen molar-refractivity contribution in [1.29, 1.82) is 0 Å². The molecule has 0 bridgehead atoms. The molecule has 0 heterocycles. The van der Waals surface area contributed by atoms with E-state index in [0.717, 1.165) is 0 Å². The van der Waals surface area contributed by atoms with Gasteiger partial charge in [-0.1, -0.05) is 147 Å². The van der Waals surface area contributed by atoms with Gasteiger partial charge in [-0.3, -0.25) is 0 Å². The normalized spacial score (nSPS) is 11.7. The molecule has 0 saturated heterocycles. The zero-order chi connectivity index (χ0) is 24.7. The molecule has 0 aromatic heterocycles. The van der Waals surface area contributed by atoms with Gasteiger partial charge in [0.2, 0.25) is 0 Å². The summed E-state index contributed by atoms with van der Waals surface area (Å²) in [5.74, 6) is 0. The van der Waals surface area contributed by atoms with Crippen molar-refractivity contribution in [3.8, 4) is 0 Å². The molecule has 1 N–H and O–H groups in total. The maximum Gasteiger partial charge on any atom is 0.118 e. The third-order valence-electron chi connectivity index (χ3n) is 8.04. The largest absolute Gasteiger partial charge is 1.00 e. The lowest BCUT2D eigenvalue weighted by Gasteiger charge is -2.36. The molecule has 2 heteroatoms. The molecule has 0 unspecified atom stereocenters. The molecule has 206 valence electrons. The summed E-state index contributed by atoms with van der Waals surface area (Å²) >= 11 is 0. The van der Waals surface area contributed by atoms with Crippen molar-refractivity contribution in [2.75, 3.05) is 13.1 Å². The Kier molecular flexibility index (Phi) is 23.5. The maximum atomic E-state index is 2.48. The topological polar surface area (TPSA) is 4.44 Å². The summed E-state index contributed by atoms with van der Waals surface area (Å²) in [6.45, 7) is 12.2. The minimum absolute atomic E-state index is 0. The van der Waals surface area contributed by atoms with Gasteiger partial charge in [0, 0.05) is 5.56 Å². The van der Waals surface area contributed by atoms with E-state index in [1.165, 1.54) is 147 Å². The van der Waals surface area contributed by atoms with Gasteiger partial charge in [-0.2, -0.15) is 0 Å². The van der Waals surface area contributed by atoms with Crippen LogP contribution in [0.1, 0.15) is 162 Å². The van der Waals surface area contributed by atoms with Crippen LogP contribution in [-0.4, -0.2) is 13.1 Å². The van der Waals surface area contributed by atoms with Gasteiger partial charge in [0.15, 0.2) is 0 Å². The summed E-state index contributed by atoms with van der Waals surface area (Å²) in [5.41, 5.74) is 1.71. The molecule has 0 aliphatic rings. The zero-order valence-corrected chi connectivity index (χ0v) is 25.1. The molecule has 0 fully saturated rings. The fourth-order valence-corrected chi connectivity index (χ4v) is 5.46. The highest BCUT2D eigenvalue weighted by atomic mass is 35.5. The van der Waals surface area contributed by atoms with Crippen molar-refractivity contribution >= 4 is 0 Å². The lowest BCUT2D eigenvalue weighted by Crippen LogP contribution is -3.18. The summed E-state index contributed by atoms with van der Waals surface area (Å²) in [4.78, 5) is 1.80. The van der Waals surface area contributed by atoms with E-state index in [1.807, 2.05) is 0 Å².